The summed E-state index contributed by atoms with van der Waals surface area (Å²) < 4.78 is 5.59. The lowest BCUT2D eigenvalue weighted by Crippen LogP contribution is -2.24. The second-order valence-electron chi connectivity index (χ2n) is 3.36. The molecule has 0 aromatic carbocycles. The van der Waals surface area contributed by atoms with Gasteiger partial charge < -0.3 is 4.74 Å². The summed E-state index contributed by atoms with van der Waals surface area (Å²) in [5.41, 5.74) is 2.48. The Morgan fingerprint density at radius 1 is 1.58 bits per heavy atom. The van der Waals surface area contributed by atoms with Crippen LogP contribution in [0.25, 0.3) is 0 Å². The summed E-state index contributed by atoms with van der Waals surface area (Å²) in [4.78, 5) is 8.40. The highest BCUT2D eigenvalue weighted by atomic mass is 32.1. The summed E-state index contributed by atoms with van der Waals surface area (Å²) in [6.07, 6.45) is 0. The van der Waals surface area contributed by atoms with Crippen molar-refractivity contribution in [2.45, 2.75) is 19.4 Å². The molecule has 0 radical (unpaired) electrons. The second kappa shape index (κ2) is 2.55. The average Bonchev–Trinajstić information content (AvgIpc) is 2.55. The van der Waals surface area contributed by atoms with Crippen molar-refractivity contribution in [3.63, 3.8) is 0 Å². The van der Waals surface area contributed by atoms with Crippen molar-refractivity contribution < 1.29 is 4.74 Å². The van der Waals surface area contributed by atoms with Gasteiger partial charge in [0.15, 0.2) is 0 Å². The average molecular weight is 182 g/mol. The van der Waals surface area contributed by atoms with Gasteiger partial charge in [0.05, 0.1) is 12.1 Å². The highest BCUT2D eigenvalue weighted by molar-refractivity contribution is 7.07. The molecule has 0 fully saturated rings. The number of thiazole rings is 1. The van der Waals surface area contributed by atoms with Crippen LogP contribution in [0.2, 0.25) is 0 Å². The Balaban J connectivity index is 2.20. The van der Waals surface area contributed by atoms with Gasteiger partial charge in [-0.15, -0.1) is 11.3 Å². The fraction of sp³-hybridized carbons (Fsp3) is 0.500. The predicted octanol–water partition coefficient (Wildman–Crippen LogP) is 1.70. The summed E-state index contributed by atoms with van der Waals surface area (Å²) in [5, 5.41) is 1.94. The van der Waals surface area contributed by atoms with E-state index in [1.165, 1.54) is 0 Å². The van der Waals surface area contributed by atoms with Crippen LogP contribution in [0.4, 0.5) is 0 Å². The smallest absolute Gasteiger partial charge is 0.236 e. The quantitative estimate of drug-likeness (QED) is 0.662. The van der Waals surface area contributed by atoms with E-state index in [9.17, 15) is 0 Å². The van der Waals surface area contributed by atoms with E-state index >= 15 is 0 Å². The van der Waals surface area contributed by atoms with Crippen molar-refractivity contribution in [3.8, 4) is 0 Å². The Labute approximate surface area is 75.1 Å². The Bertz CT molecular complexity index is 303. The topological polar surface area (TPSA) is 34.5 Å². The predicted molar refractivity (Wildman–Crippen MR) is 48.7 cm³/mol. The molecule has 2 heterocycles. The maximum absolute atomic E-state index is 5.59. The molecule has 12 heavy (non-hydrogen) atoms. The molecule has 0 bridgehead atoms. The molecule has 64 valence electrons. The molecule has 1 aromatic rings. The summed E-state index contributed by atoms with van der Waals surface area (Å²) in [6.45, 7) is 4.77. The summed E-state index contributed by atoms with van der Waals surface area (Å²) >= 11 is 1.55. The Kier molecular flexibility index (Phi) is 1.65. The molecule has 1 aliphatic rings. The van der Waals surface area contributed by atoms with Crippen molar-refractivity contribution in [2.75, 3.05) is 6.54 Å². The largest absolute Gasteiger partial charge is 0.468 e. The van der Waals surface area contributed by atoms with Crippen molar-refractivity contribution in [3.05, 3.63) is 16.6 Å². The SMILES string of the molecule is CC1(C)CN=C(c2cscn2)O1. The number of ether oxygens (including phenoxy) is 1. The molecule has 0 spiro atoms. The normalized spacial score (nSPS) is 20.3. The van der Waals surface area contributed by atoms with Gasteiger partial charge in [-0.25, -0.2) is 9.98 Å². The molecule has 0 saturated heterocycles. The highest BCUT2D eigenvalue weighted by Crippen LogP contribution is 2.20. The summed E-state index contributed by atoms with van der Waals surface area (Å²) in [6, 6.07) is 0. The first kappa shape index (κ1) is 7.73. The molecule has 3 nitrogen and oxygen atoms in total. The molecule has 0 amide bonds. The summed E-state index contributed by atoms with van der Waals surface area (Å²) in [7, 11) is 0. The lowest BCUT2D eigenvalue weighted by atomic mass is 10.1. The molecule has 0 N–H and O–H groups in total. The first-order valence-electron chi connectivity index (χ1n) is 3.79. The van der Waals surface area contributed by atoms with Crippen molar-refractivity contribution in [2.24, 2.45) is 4.99 Å². The molecule has 2 rings (SSSR count). The van der Waals surface area contributed by atoms with Crippen LogP contribution in [-0.2, 0) is 4.74 Å². The van der Waals surface area contributed by atoms with Crippen LogP contribution in [0.1, 0.15) is 19.5 Å². The second-order valence-corrected chi connectivity index (χ2v) is 4.08. The van der Waals surface area contributed by atoms with E-state index in [4.69, 9.17) is 4.74 Å². The van der Waals surface area contributed by atoms with Gasteiger partial charge in [0.2, 0.25) is 5.90 Å². The van der Waals surface area contributed by atoms with Gasteiger partial charge >= 0.3 is 0 Å². The number of rotatable bonds is 1. The maximum Gasteiger partial charge on any atom is 0.236 e. The number of aliphatic imine (C=N–C) groups is 1. The van der Waals surface area contributed by atoms with E-state index in [-0.39, 0.29) is 5.60 Å². The third-order valence-corrected chi connectivity index (χ3v) is 2.21. The number of hydrogen-bond donors (Lipinski definition) is 0. The van der Waals surface area contributed by atoms with E-state index in [1.807, 2.05) is 19.2 Å². The Morgan fingerprint density at radius 2 is 2.42 bits per heavy atom. The molecule has 0 unspecified atom stereocenters. The fourth-order valence-electron chi connectivity index (χ4n) is 1.04. The van der Waals surface area contributed by atoms with Crippen LogP contribution in [0.15, 0.2) is 15.9 Å². The van der Waals surface area contributed by atoms with Gasteiger partial charge in [-0.3, -0.25) is 0 Å². The van der Waals surface area contributed by atoms with E-state index in [1.54, 1.807) is 16.8 Å². The van der Waals surface area contributed by atoms with Crippen LogP contribution >= 0.6 is 11.3 Å². The summed E-state index contributed by atoms with van der Waals surface area (Å²) in [5.74, 6) is 0.682. The Hall–Kier alpha value is -0.900. The van der Waals surface area contributed by atoms with Gasteiger partial charge in [0.1, 0.15) is 11.3 Å². The molecule has 1 aromatic heterocycles. The maximum atomic E-state index is 5.59. The number of nitrogens with zero attached hydrogens (tertiary/aromatic N) is 2. The first-order chi connectivity index (χ1) is 5.67. The number of aromatic nitrogens is 1. The lowest BCUT2D eigenvalue weighted by molar-refractivity contribution is 0.131. The first-order valence-corrected chi connectivity index (χ1v) is 4.74. The Morgan fingerprint density at radius 3 is 2.92 bits per heavy atom. The van der Waals surface area contributed by atoms with Crippen molar-refractivity contribution >= 4 is 17.2 Å². The molecule has 4 heteroatoms. The molecule has 0 aliphatic carbocycles. The third kappa shape index (κ3) is 1.34. The zero-order valence-electron chi connectivity index (χ0n) is 7.07. The van der Waals surface area contributed by atoms with Gasteiger partial charge in [-0.2, -0.15) is 0 Å². The minimum absolute atomic E-state index is 0.154. The van der Waals surface area contributed by atoms with Crippen molar-refractivity contribution in [1.82, 2.24) is 4.98 Å². The number of hydrogen-bond acceptors (Lipinski definition) is 4. The van der Waals surface area contributed by atoms with E-state index in [0.29, 0.717) is 5.90 Å². The molecular weight excluding hydrogens is 172 g/mol. The standard InChI is InChI=1S/C8H10N2OS/c1-8(2)4-9-7(11-8)6-3-12-5-10-6/h3,5H,4H2,1-2H3. The fourth-order valence-corrected chi connectivity index (χ4v) is 1.57. The van der Waals surface area contributed by atoms with Gasteiger partial charge in [-0.1, -0.05) is 0 Å². The van der Waals surface area contributed by atoms with Gasteiger partial charge in [0.25, 0.3) is 0 Å². The van der Waals surface area contributed by atoms with Gasteiger partial charge in [0, 0.05) is 5.38 Å². The third-order valence-electron chi connectivity index (χ3n) is 1.63. The highest BCUT2D eigenvalue weighted by Gasteiger charge is 2.28. The zero-order chi connectivity index (χ0) is 8.60. The van der Waals surface area contributed by atoms with Crippen LogP contribution < -0.4 is 0 Å². The molecule has 1 aliphatic heterocycles. The van der Waals surface area contributed by atoms with Crippen molar-refractivity contribution in [1.29, 1.82) is 0 Å². The molecule has 0 atom stereocenters. The minimum Gasteiger partial charge on any atom is -0.468 e. The molecule has 0 saturated carbocycles. The van der Waals surface area contributed by atoms with E-state index in [0.717, 1.165) is 12.2 Å². The van der Waals surface area contributed by atoms with Gasteiger partial charge in [-0.05, 0) is 13.8 Å². The van der Waals surface area contributed by atoms with E-state index < -0.39 is 0 Å². The van der Waals surface area contributed by atoms with Crippen LogP contribution in [0.5, 0.6) is 0 Å². The molecular formula is C8H10N2OS. The lowest BCUT2D eigenvalue weighted by Gasteiger charge is -2.16. The van der Waals surface area contributed by atoms with Crippen LogP contribution in [0, 0.1) is 0 Å². The zero-order valence-corrected chi connectivity index (χ0v) is 7.89. The van der Waals surface area contributed by atoms with E-state index in [2.05, 4.69) is 9.98 Å². The van der Waals surface area contributed by atoms with Crippen LogP contribution in [0.3, 0.4) is 0 Å². The van der Waals surface area contributed by atoms with Crippen LogP contribution in [-0.4, -0.2) is 23.0 Å². The monoisotopic (exact) mass is 182 g/mol. The minimum atomic E-state index is -0.154.